The standard InChI is InChI=1S/C15H11F3N2/c1-10-2-4-11(5-3-10)14-8-13-7-6-12(15(16,17)18)9-20(13)19-14/h2-9H,1H3. The first-order valence-electron chi connectivity index (χ1n) is 6.07. The van der Waals surface area contributed by atoms with Crippen molar-refractivity contribution in [2.45, 2.75) is 13.1 Å². The summed E-state index contributed by atoms with van der Waals surface area (Å²) >= 11 is 0. The molecule has 0 atom stereocenters. The summed E-state index contributed by atoms with van der Waals surface area (Å²) in [6.07, 6.45) is -3.35. The van der Waals surface area contributed by atoms with Gasteiger partial charge < -0.3 is 0 Å². The van der Waals surface area contributed by atoms with Gasteiger partial charge in [0.2, 0.25) is 0 Å². The SMILES string of the molecule is Cc1ccc(-c2cc3ccc(C(F)(F)F)cn3n2)cc1. The third-order valence-electron chi connectivity index (χ3n) is 3.13. The normalized spacial score (nSPS) is 12.0. The van der Waals surface area contributed by atoms with Gasteiger partial charge in [0, 0.05) is 11.8 Å². The minimum Gasteiger partial charge on any atom is -0.240 e. The fourth-order valence-electron chi connectivity index (χ4n) is 2.02. The minimum absolute atomic E-state index is 0.633. The highest BCUT2D eigenvalue weighted by Gasteiger charge is 2.30. The number of alkyl halides is 3. The fraction of sp³-hybridized carbons (Fsp3) is 0.133. The van der Waals surface area contributed by atoms with Crippen molar-refractivity contribution in [3.63, 3.8) is 0 Å². The summed E-state index contributed by atoms with van der Waals surface area (Å²) in [4.78, 5) is 0. The maximum Gasteiger partial charge on any atom is 0.417 e. The van der Waals surface area contributed by atoms with Crippen molar-refractivity contribution >= 4 is 5.52 Å². The van der Waals surface area contributed by atoms with Crippen molar-refractivity contribution in [3.8, 4) is 11.3 Å². The summed E-state index contributed by atoms with van der Waals surface area (Å²) in [6, 6.07) is 12.0. The van der Waals surface area contributed by atoms with Crippen molar-refractivity contribution in [1.29, 1.82) is 0 Å². The van der Waals surface area contributed by atoms with Crippen LogP contribution in [-0.4, -0.2) is 9.61 Å². The van der Waals surface area contributed by atoms with Crippen LogP contribution in [0.5, 0.6) is 0 Å². The van der Waals surface area contributed by atoms with Crippen molar-refractivity contribution < 1.29 is 13.2 Å². The Balaban J connectivity index is 2.09. The first kappa shape index (κ1) is 12.7. The zero-order chi connectivity index (χ0) is 14.3. The van der Waals surface area contributed by atoms with Crippen LogP contribution in [0.2, 0.25) is 0 Å². The van der Waals surface area contributed by atoms with Gasteiger partial charge >= 0.3 is 6.18 Å². The number of aryl methyl sites for hydroxylation is 1. The van der Waals surface area contributed by atoms with Gasteiger partial charge in [0.05, 0.1) is 16.8 Å². The molecule has 2 aromatic heterocycles. The first-order chi connectivity index (χ1) is 9.43. The number of halogens is 3. The van der Waals surface area contributed by atoms with Gasteiger partial charge in [0.1, 0.15) is 0 Å². The number of pyridine rings is 1. The second-order valence-electron chi connectivity index (χ2n) is 4.68. The second-order valence-corrected chi connectivity index (χ2v) is 4.68. The third-order valence-corrected chi connectivity index (χ3v) is 3.13. The summed E-state index contributed by atoms with van der Waals surface area (Å²) in [5, 5.41) is 4.20. The van der Waals surface area contributed by atoms with E-state index >= 15 is 0 Å². The van der Waals surface area contributed by atoms with E-state index in [1.807, 2.05) is 31.2 Å². The molecule has 0 N–H and O–H groups in total. The molecule has 0 saturated carbocycles. The fourth-order valence-corrected chi connectivity index (χ4v) is 2.02. The van der Waals surface area contributed by atoms with Crippen molar-refractivity contribution in [2.24, 2.45) is 0 Å². The van der Waals surface area contributed by atoms with E-state index in [1.165, 1.54) is 10.6 Å². The van der Waals surface area contributed by atoms with Crippen LogP contribution in [0.3, 0.4) is 0 Å². The molecule has 0 spiro atoms. The van der Waals surface area contributed by atoms with Gasteiger partial charge in [-0.05, 0) is 25.1 Å². The second kappa shape index (κ2) is 4.37. The van der Waals surface area contributed by atoms with E-state index in [-0.39, 0.29) is 0 Å². The molecule has 0 radical (unpaired) electrons. The van der Waals surface area contributed by atoms with E-state index in [0.717, 1.165) is 23.4 Å². The molecule has 0 fully saturated rings. The Bertz CT molecular complexity index is 755. The third kappa shape index (κ3) is 2.27. The van der Waals surface area contributed by atoms with E-state index in [2.05, 4.69) is 5.10 Å². The number of aromatic nitrogens is 2. The van der Waals surface area contributed by atoms with Crippen molar-refractivity contribution in [2.75, 3.05) is 0 Å². The number of hydrogen-bond donors (Lipinski definition) is 0. The highest BCUT2D eigenvalue weighted by atomic mass is 19.4. The molecule has 0 aliphatic heterocycles. The summed E-state index contributed by atoms with van der Waals surface area (Å²) in [6.45, 7) is 1.98. The molecule has 0 bridgehead atoms. The smallest absolute Gasteiger partial charge is 0.240 e. The molecule has 0 amide bonds. The van der Waals surface area contributed by atoms with Gasteiger partial charge in [0.15, 0.2) is 0 Å². The number of fused-ring (bicyclic) bond motifs is 1. The summed E-state index contributed by atoms with van der Waals surface area (Å²) < 4.78 is 39.2. The Hall–Kier alpha value is -2.30. The van der Waals surface area contributed by atoms with Gasteiger partial charge in [-0.25, -0.2) is 4.52 Å². The highest BCUT2D eigenvalue weighted by molar-refractivity contribution is 5.66. The van der Waals surface area contributed by atoms with Gasteiger partial charge in [-0.3, -0.25) is 0 Å². The lowest BCUT2D eigenvalue weighted by atomic mass is 10.1. The maximum absolute atomic E-state index is 12.6. The van der Waals surface area contributed by atoms with Crippen molar-refractivity contribution in [3.05, 3.63) is 59.8 Å². The average Bonchev–Trinajstić information content (AvgIpc) is 2.81. The largest absolute Gasteiger partial charge is 0.417 e. The average molecular weight is 276 g/mol. The highest BCUT2D eigenvalue weighted by Crippen LogP contribution is 2.30. The lowest BCUT2D eigenvalue weighted by Gasteiger charge is -2.05. The Morgan fingerprint density at radius 2 is 1.70 bits per heavy atom. The number of rotatable bonds is 1. The van der Waals surface area contributed by atoms with Crippen LogP contribution in [0.1, 0.15) is 11.1 Å². The van der Waals surface area contributed by atoms with E-state index in [4.69, 9.17) is 0 Å². The molecule has 1 aromatic carbocycles. The Kier molecular flexibility index (Phi) is 2.78. The van der Waals surface area contributed by atoms with E-state index in [1.54, 1.807) is 6.07 Å². The van der Waals surface area contributed by atoms with Gasteiger partial charge in [-0.1, -0.05) is 29.8 Å². The van der Waals surface area contributed by atoms with E-state index in [0.29, 0.717) is 11.2 Å². The molecule has 3 aromatic rings. The Morgan fingerprint density at radius 1 is 1.00 bits per heavy atom. The summed E-state index contributed by atoms with van der Waals surface area (Å²) in [7, 11) is 0. The Labute approximate surface area is 113 Å². The van der Waals surface area contributed by atoms with Gasteiger partial charge in [-0.15, -0.1) is 0 Å². The molecule has 5 heteroatoms. The monoisotopic (exact) mass is 276 g/mol. The summed E-state index contributed by atoms with van der Waals surface area (Å²) in [5.41, 5.74) is 2.59. The molecule has 2 nitrogen and oxygen atoms in total. The predicted octanol–water partition coefficient (Wildman–Crippen LogP) is 4.33. The minimum atomic E-state index is -4.36. The molecular formula is C15H11F3N2. The lowest BCUT2D eigenvalue weighted by molar-refractivity contribution is -0.137. The molecular weight excluding hydrogens is 265 g/mol. The van der Waals surface area contributed by atoms with Gasteiger partial charge in [-0.2, -0.15) is 18.3 Å². The van der Waals surface area contributed by atoms with Crippen LogP contribution >= 0.6 is 0 Å². The molecule has 0 unspecified atom stereocenters. The van der Waals surface area contributed by atoms with Crippen LogP contribution in [0, 0.1) is 6.92 Å². The molecule has 3 rings (SSSR count). The predicted molar refractivity (Wildman–Crippen MR) is 70.4 cm³/mol. The first-order valence-corrected chi connectivity index (χ1v) is 6.07. The Morgan fingerprint density at radius 3 is 2.35 bits per heavy atom. The van der Waals surface area contributed by atoms with Crippen LogP contribution < -0.4 is 0 Å². The molecule has 0 aliphatic rings. The topological polar surface area (TPSA) is 17.3 Å². The molecule has 0 saturated heterocycles. The quantitative estimate of drug-likeness (QED) is 0.646. The number of hydrogen-bond acceptors (Lipinski definition) is 1. The van der Waals surface area contributed by atoms with Crippen LogP contribution in [0.4, 0.5) is 13.2 Å². The lowest BCUT2D eigenvalue weighted by Crippen LogP contribution is -2.06. The van der Waals surface area contributed by atoms with Crippen LogP contribution in [-0.2, 0) is 6.18 Å². The molecule has 20 heavy (non-hydrogen) atoms. The molecule has 0 aliphatic carbocycles. The zero-order valence-corrected chi connectivity index (χ0v) is 10.6. The molecule has 2 heterocycles. The van der Waals surface area contributed by atoms with Crippen molar-refractivity contribution in [1.82, 2.24) is 9.61 Å². The van der Waals surface area contributed by atoms with E-state index < -0.39 is 11.7 Å². The number of benzene rings is 1. The molecule has 102 valence electrons. The summed E-state index contributed by atoms with van der Waals surface area (Å²) in [5.74, 6) is 0. The zero-order valence-electron chi connectivity index (χ0n) is 10.6. The maximum atomic E-state index is 12.6. The van der Waals surface area contributed by atoms with E-state index in [9.17, 15) is 13.2 Å². The number of nitrogens with zero attached hydrogens (tertiary/aromatic N) is 2. The van der Waals surface area contributed by atoms with Crippen LogP contribution in [0.15, 0.2) is 48.7 Å². The van der Waals surface area contributed by atoms with Crippen LogP contribution in [0.25, 0.3) is 16.8 Å². The van der Waals surface area contributed by atoms with Gasteiger partial charge in [0.25, 0.3) is 0 Å².